The normalized spacial score (nSPS) is 9.96. The van der Waals surface area contributed by atoms with Crippen molar-refractivity contribution in [2.24, 2.45) is 0 Å². The van der Waals surface area contributed by atoms with Crippen LogP contribution in [-0.2, 0) is 4.79 Å². The van der Waals surface area contributed by atoms with E-state index in [4.69, 9.17) is 0 Å². The van der Waals surface area contributed by atoms with Gasteiger partial charge in [-0.3, -0.25) is 14.4 Å². The maximum Gasteiger partial charge on any atom is 0.251 e. The Morgan fingerprint density at radius 3 is 2.12 bits per heavy atom. The number of benzene rings is 2. The molecule has 0 unspecified atom stereocenters. The monoisotopic (exact) mass is 403 g/mol. The van der Waals surface area contributed by atoms with Crippen molar-refractivity contribution >= 4 is 33.7 Å². The second-order valence-corrected chi connectivity index (χ2v) is 6.08. The molecule has 3 amide bonds. The van der Waals surface area contributed by atoms with Crippen molar-refractivity contribution in [3.8, 4) is 0 Å². The third-order valence-corrected chi connectivity index (χ3v) is 3.76. The molecule has 3 N–H and O–H groups in total. The van der Waals surface area contributed by atoms with Crippen LogP contribution in [0.15, 0.2) is 59.1 Å². The Morgan fingerprint density at radius 2 is 1.40 bits per heavy atom. The van der Waals surface area contributed by atoms with E-state index in [9.17, 15) is 14.4 Å². The molecule has 2 rings (SSSR count). The van der Waals surface area contributed by atoms with Gasteiger partial charge in [-0.1, -0.05) is 40.2 Å². The van der Waals surface area contributed by atoms with E-state index in [0.717, 1.165) is 4.47 Å². The van der Waals surface area contributed by atoms with Crippen LogP contribution in [0, 0.1) is 0 Å². The Balaban J connectivity index is 1.64. The van der Waals surface area contributed by atoms with Crippen molar-refractivity contribution in [1.29, 1.82) is 0 Å². The molecule has 0 aromatic heterocycles. The molecule has 0 radical (unpaired) electrons. The second-order valence-electron chi connectivity index (χ2n) is 5.16. The van der Waals surface area contributed by atoms with Crippen molar-refractivity contribution in [1.82, 2.24) is 16.0 Å². The number of nitrogens with one attached hydrogen (secondary N) is 3. The molecule has 7 heteroatoms. The number of hydrogen-bond donors (Lipinski definition) is 3. The van der Waals surface area contributed by atoms with E-state index in [1.165, 1.54) is 0 Å². The van der Waals surface area contributed by atoms with E-state index in [-0.39, 0.29) is 30.8 Å². The summed E-state index contributed by atoms with van der Waals surface area (Å²) in [7, 11) is 0. The third-order valence-electron chi connectivity index (χ3n) is 3.27. The molecule has 2 aromatic carbocycles. The summed E-state index contributed by atoms with van der Waals surface area (Å²) < 4.78 is 0.822. The molecule has 0 aliphatic carbocycles. The van der Waals surface area contributed by atoms with Crippen molar-refractivity contribution in [2.75, 3.05) is 19.6 Å². The van der Waals surface area contributed by atoms with Crippen molar-refractivity contribution in [2.45, 2.75) is 0 Å². The minimum Gasteiger partial charge on any atom is -0.353 e. The summed E-state index contributed by atoms with van der Waals surface area (Å²) in [5, 5.41) is 7.88. The minimum absolute atomic E-state index is 0.118. The molecule has 130 valence electrons. The summed E-state index contributed by atoms with van der Waals surface area (Å²) in [6, 6.07) is 15.7. The molecule has 2 aromatic rings. The minimum atomic E-state index is -0.319. The van der Waals surface area contributed by atoms with E-state index in [0.29, 0.717) is 17.7 Å². The first-order valence-electron chi connectivity index (χ1n) is 7.70. The maximum atomic E-state index is 11.9. The first kappa shape index (κ1) is 18.7. The molecule has 0 aliphatic rings. The van der Waals surface area contributed by atoms with Gasteiger partial charge in [0, 0.05) is 28.7 Å². The Morgan fingerprint density at radius 1 is 0.760 bits per heavy atom. The Bertz CT molecular complexity index is 750. The van der Waals surface area contributed by atoms with Crippen LogP contribution in [0.5, 0.6) is 0 Å². The lowest BCUT2D eigenvalue weighted by atomic mass is 10.2. The predicted molar refractivity (Wildman–Crippen MR) is 98.3 cm³/mol. The first-order chi connectivity index (χ1) is 12.1. The summed E-state index contributed by atoms with van der Waals surface area (Å²) in [6.45, 7) is 0.455. The summed E-state index contributed by atoms with van der Waals surface area (Å²) in [6.07, 6.45) is 0. The highest BCUT2D eigenvalue weighted by molar-refractivity contribution is 9.10. The predicted octanol–water partition coefficient (Wildman–Crippen LogP) is 1.73. The number of halogens is 1. The van der Waals surface area contributed by atoms with Crippen LogP contribution in [0.2, 0.25) is 0 Å². The number of carbonyl (C=O) groups excluding carboxylic acids is 3. The van der Waals surface area contributed by atoms with Crippen LogP contribution in [0.25, 0.3) is 0 Å². The molecule has 0 atom stereocenters. The fraction of sp³-hybridized carbons (Fsp3) is 0.167. The van der Waals surface area contributed by atoms with Crippen LogP contribution in [0.1, 0.15) is 20.7 Å². The standard InChI is InChI=1S/C18H18BrN3O3/c19-15-8-4-7-14(11-15)18(25)21-10-9-20-16(23)12-22-17(24)13-5-2-1-3-6-13/h1-8,11H,9-10,12H2,(H,20,23)(H,21,25)(H,22,24). The van der Waals surface area contributed by atoms with Crippen molar-refractivity contribution < 1.29 is 14.4 Å². The van der Waals surface area contributed by atoms with Crippen LogP contribution < -0.4 is 16.0 Å². The molecular weight excluding hydrogens is 386 g/mol. The summed E-state index contributed by atoms with van der Waals surface area (Å²) in [5.74, 6) is -0.840. The summed E-state index contributed by atoms with van der Waals surface area (Å²) in [5.41, 5.74) is 1.03. The lowest BCUT2D eigenvalue weighted by Crippen LogP contribution is -2.40. The molecule has 6 nitrogen and oxygen atoms in total. The van der Waals surface area contributed by atoms with Gasteiger partial charge in [-0.15, -0.1) is 0 Å². The second kappa shape index (κ2) is 9.58. The van der Waals surface area contributed by atoms with Gasteiger partial charge in [0.05, 0.1) is 6.54 Å². The van der Waals surface area contributed by atoms with Gasteiger partial charge in [0.25, 0.3) is 11.8 Å². The van der Waals surface area contributed by atoms with Gasteiger partial charge in [-0.05, 0) is 30.3 Å². The van der Waals surface area contributed by atoms with Gasteiger partial charge in [0.15, 0.2) is 0 Å². The summed E-state index contributed by atoms with van der Waals surface area (Å²) >= 11 is 3.31. The average molecular weight is 404 g/mol. The molecular formula is C18H18BrN3O3. The number of amides is 3. The number of carbonyl (C=O) groups is 3. The average Bonchev–Trinajstić information content (AvgIpc) is 2.63. The molecule has 0 heterocycles. The van der Waals surface area contributed by atoms with Crippen LogP contribution in [0.4, 0.5) is 0 Å². The highest BCUT2D eigenvalue weighted by Gasteiger charge is 2.08. The van der Waals surface area contributed by atoms with Crippen molar-refractivity contribution in [3.63, 3.8) is 0 Å². The highest BCUT2D eigenvalue weighted by Crippen LogP contribution is 2.11. The number of rotatable bonds is 7. The zero-order valence-electron chi connectivity index (χ0n) is 13.4. The van der Waals surface area contributed by atoms with E-state index >= 15 is 0 Å². The van der Waals surface area contributed by atoms with E-state index < -0.39 is 0 Å². The van der Waals surface area contributed by atoms with E-state index in [1.807, 2.05) is 12.1 Å². The van der Waals surface area contributed by atoms with Crippen LogP contribution in [0.3, 0.4) is 0 Å². The first-order valence-corrected chi connectivity index (χ1v) is 8.49. The maximum absolute atomic E-state index is 11.9. The Hall–Kier alpha value is -2.67. The Labute approximate surface area is 154 Å². The third kappa shape index (κ3) is 6.39. The van der Waals surface area contributed by atoms with Crippen LogP contribution in [-0.4, -0.2) is 37.4 Å². The molecule has 0 aliphatic heterocycles. The zero-order valence-corrected chi connectivity index (χ0v) is 15.0. The lowest BCUT2D eigenvalue weighted by molar-refractivity contribution is -0.120. The highest BCUT2D eigenvalue weighted by atomic mass is 79.9. The van der Waals surface area contributed by atoms with Gasteiger partial charge < -0.3 is 16.0 Å². The molecule has 0 saturated heterocycles. The quantitative estimate of drug-likeness (QED) is 0.615. The van der Waals surface area contributed by atoms with E-state index in [1.54, 1.807) is 42.5 Å². The molecule has 0 bridgehead atoms. The smallest absolute Gasteiger partial charge is 0.251 e. The number of hydrogen-bond acceptors (Lipinski definition) is 3. The molecule has 0 fully saturated rings. The van der Waals surface area contributed by atoms with Gasteiger partial charge >= 0.3 is 0 Å². The van der Waals surface area contributed by atoms with Crippen molar-refractivity contribution in [3.05, 3.63) is 70.2 Å². The fourth-order valence-electron chi connectivity index (χ4n) is 2.02. The fourth-order valence-corrected chi connectivity index (χ4v) is 2.42. The summed E-state index contributed by atoms with van der Waals surface area (Å²) in [4.78, 5) is 35.4. The van der Waals surface area contributed by atoms with Gasteiger partial charge in [-0.25, -0.2) is 0 Å². The van der Waals surface area contributed by atoms with Crippen LogP contribution >= 0.6 is 15.9 Å². The zero-order chi connectivity index (χ0) is 18.1. The Kier molecular flexibility index (Phi) is 7.16. The van der Waals surface area contributed by atoms with Gasteiger partial charge in [0.1, 0.15) is 0 Å². The molecule has 0 saturated carbocycles. The molecule has 25 heavy (non-hydrogen) atoms. The SMILES string of the molecule is O=C(CNC(=O)c1ccccc1)NCCNC(=O)c1cccc(Br)c1. The largest absolute Gasteiger partial charge is 0.353 e. The van der Waals surface area contributed by atoms with E-state index in [2.05, 4.69) is 31.9 Å². The van der Waals surface area contributed by atoms with Gasteiger partial charge in [-0.2, -0.15) is 0 Å². The lowest BCUT2D eigenvalue weighted by Gasteiger charge is -2.08. The van der Waals surface area contributed by atoms with Gasteiger partial charge in [0.2, 0.25) is 5.91 Å². The molecule has 0 spiro atoms. The topological polar surface area (TPSA) is 87.3 Å².